The number of nitrogens with zero attached hydrogens (tertiary/aromatic N) is 2. The van der Waals surface area contributed by atoms with Crippen LogP contribution in [0.4, 0.5) is 5.69 Å². The molecule has 4 rings (SSSR count). The predicted octanol–water partition coefficient (Wildman–Crippen LogP) is 2.50. The minimum absolute atomic E-state index is 0.0312. The minimum atomic E-state index is -0.419. The molecule has 150 valence electrons. The van der Waals surface area contributed by atoms with Crippen LogP contribution in [0.1, 0.15) is 33.9 Å². The Kier molecular flexibility index (Phi) is 5.44. The quantitative estimate of drug-likeness (QED) is 0.670. The van der Waals surface area contributed by atoms with E-state index in [2.05, 4.69) is 15.6 Å². The number of methoxy groups -OCH3 is 1. The number of hydrogen-bond donors (Lipinski definition) is 2. The van der Waals surface area contributed by atoms with Gasteiger partial charge in [-0.2, -0.15) is 0 Å². The third-order valence-corrected chi connectivity index (χ3v) is 4.81. The highest BCUT2D eigenvalue weighted by Crippen LogP contribution is 2.19. The van der Waals surface area contributed by atoms with Gasteiger partial charge >= 0.3 is 0 Å². The second-order valence-corrected chi connectivity index (χ2v) is 6.77. The fourth-order valence-corrected chi connectivity index (χ4v) is 3.35. The summed E-state index contributed by atoms with van der Waals surface area (Å²) in [6.07, 6.45) is 3.67. The van der Waals surface area contributed by atoms with Gasteiger partial charge in [0.15, 0.2) is 5.69 Å². The number of rotatable bonds is 6. The van der Waals surface area contributed by atoms with Gasteiger partial charge in [0.2, 0.25) is 5.82 Å². The molecule has 2 amide bonds. The summed E-state index contributed by atoms with van der Waals surface area (Å²) >= 11 is 0. The molecule has 2 aromatic heterocycles. The smallest absolute Gasteiger partial charge is 0.292 e. The highest BCUT2D eigenvalue weighted by atomic mass is 16.5. The average molecular weight is 394 g/mol. The predicted molar refractivity (Wildman–Crippen MR) is 107 cm³/mol. The van der Waals surface area contributed by atoms with Crippen LogP contribution < -0.4 is 15.4 Å². The number of imidazole rings is 1. The summed E-state index contributed by atoms with van der Waals surface area (Å²) in [5, 5.41) is 5.66. The minimum Gasteiger partial charge on any atom is -0.497 e. The van der Waals surface area contributed by atoms with Gasteiger partial charge in [-0.25, -0.2) is 4.98 Å². The van der Waals surface area contributed by atoms with Crippen molar-refractivity contribution in [3.8, 4) is 5.75 Å². The van der Waals surface area contributed by atoms with Crippen LogP contribution in [0.2, 0.25) is 0 Å². The lowest BCUT2D eigenvalue weighted by Gasteiger charge is -2.09. The average Bonchev–Trinajstić information content (AvgIpc) is 3.40. The molecule has 1 fully saturated rings. The summed E-state index contributed by atoms with van der Waals surface area (Å²) in [7, 11) is 1.56. The van der Waals surface area contributed by atoms with Crippen LogP contribution in [0.3, 0.4) is 0 Å². The van der Waals surface area contributed by atoms with Gasteiger partial charge in [-0.15, -0.1) is 0 Å². The van der Waals surface area contributed by atoms with E-state index in [0.29, 0.717) is 23.5 Å². The Morgan fingerprint density at radius 1 is 1.24 bits per heavy atom. The number of amides is 2. The largest absolute Gasteiger partial charge is 0.497 e. The third-order valence-electron chi connectivity index (χ3n) is 4.81. The van der Waals surface area contributed by atoms with Gasteiger partial charge in [-0.05, 0) is 37.1 Å². The molecule has 1 unspecified atom stereocenters. The normalized spacial score (nSPS) is 16.0. The number of nitrogens with one attached hydrogen (secondary N) is 2. The molecular weight excluding hydrogens is 372 g/mol. The van der Waals surface area contributed by atoms with E-state index < -0.39 is 5.91 Å². The molecule has 0 radical (unpaired) electrons. The molecule has 1 atom stereocenters. The van der Waals surface area contributed by atoms with Crippen molar-refractivity contribution in [2.24, 2.45) is 0 Å². The van der Waals surface area contributed by atoms with Crippen molar-refractivity contribution in [1.29, 1.82) is 0 Å². The Morgan fingerprint density at radius 2 is 2.14 bits per heavy atom. The second kappa shape index (κ2) is 8.32. The van der Waals surface area contributed by atoms with Crippen LogP contribution in [0, 0.1) is 0 Å². The van der Waals surface area contributed by atoms with Crippen molar-refractivity contribution in [1.82, 2.24) is 14.7 Å². The molecule has 1 saturated heterocycles. The summed E-state index contributed by atoms with van der Waals surface area (Å²) in [6, 6.07) is 12.4. The van der Waals surface area contributed by atoms with Crippen molar-refractivity contribution < 1.29 is 19.1 Å². The standard InChI is InChI=1S/C21H22N4O4/c1-28-15-7-4-6-14(12-15)23-21(27)19-24-18(17-9-2-3-10-25(17)19)20(26)22-13-16-8-5-11-29-16/h2-4,6-7,9-10,12,16H,5,8,11,13H2,1H3,(H,22,26)(H,23,27). The summed E-state index contributed by atoms with van der Waals surface area (Å²) in [4.78, 5) is 29.9. The Morgan fingerprint density at radius 3 is 2.93 bits per heavy atom. The molecule has 3 aromatic rings. The van der Waals surface area contributed by atoms with Crippen LogP contribution in [0.25, 0.3) is 5.52 Å². The SMILES string of the molecule is COc1cccc(NC(=O)c2nc(C(=O)NCC3CCCO3)c3ccccn23)c1. The summed E-state index contributed by atoms with van der Waals surface area (Å²) in [5.74, 6) is 0.0120. The van der Waals surface area contributed by atoms with E-state index in [1.807, 2.05) is 0 Å². The summed E-state index contributed by atoms with van der Waals surface area (Å²) in [5.41, 5.74) is 1.35. The first kappa shape index (κ1) is 18.9. The molecule has 1 aromatic carbocycles. The lowest BCUT2D eigenvalue weighted by molar-refractivity contribution is 0.0855. The zero-order valence-corrected chi connectivity index (χ0v) is 16.1. The van der Waals surface area contributed by atoms with E-state index in [0.717, 1.165) is 19.4 Å². The highest BCUT2D eigenvalue weighted by Gasteiger charge is 2.23. The van der Waals surface area contributed by atoms with E-state index in [1.165, 1.54) is 0 Å². The number of fused-ring (bicyclic) bond motifs is 1. The molecule has 0 spiro atoms. The topological polar surface area (TPSA) is 94.0 Å². The molecule has 0 bridgehead atoms. The fraction of sp³-hybridized carbons (Fsp3) is 0.286. The maximum absolute atomic E-state index is 12.8. The number of carbonyl (C=O) groups excluding carboxylic acids is 2. The zero-order chi connectivity index (χ0) is 20.2. The first-order valence-corrected chi connectivity index (χ1v) is 9.48. The molecule has 3 heterocycles. The first-order chi connectivity index (χ1) is 14.2. The lowest BCUT2D eigenvalue weighted by atomic mass is 10.2. The Balaban J connectivity index is 1.57. The number of hydrogen-bond acceptors (Lipinski definition) is 5. The number of aromatic nitrogens is 2. The van der Waals surface area contributed by atoms with Crippen molar-refractivity contribution >= 4 is 23.0 Å². The zero-order valence-electron chi connectivity index (χ0n) is 16.1. The van der Waals surface area contributed by atoms with Crippen LogP contribution in [0.5, 0.6) is 5.75 Å². The number of pyridine rings is 1. The van der Waals surface area contributed by atoms with Gasteiger partial charge in [-0.3, -0.25) is 14.0 Å². The van der Waals surface area contributed by atoms with Crippen LogP contribution in [-0.4, -0.2) is 47.6 Å². The summed E-state index contributed by atoms with van der Waals surface area (Å²) < 4.78 is 12.3. The number of ether oxygens (including phenoxy) is 2. The Labute approximate surface area is 167 Å². The summed E-state index contributed by atoms with van der Waals surface area (Å²) in [6.45, 7) is 1.15. The maximum Gasteiger partial charge on any atom is 0.292 e. The Hall–Kier alpha value is -3.39. The Bertz CT molecular complexity index is 1040. The van der Waals surface area contributed by atoms with Gasteiger partial charge in [0.05, 0.1) is 18.7 Å². The highest BCUT2D eigenvalue weighted by molar-refractivity contribution is 6.06. The van der Waals surface area contributed by atoms with Gasteiger partial charge < -0.3 is 20.1 Å². The molecule has 0 aliphatic carbocycles. The van der Waals surface area contributed by atoms with Crippen molar-refractivity contribution in [2.45, 2.75) is 18.9 Å². The van der Waals surface area contributed by atoms with Crippen LogP contribution in [0.15, 0.2) is 48.7 Å². The van der Waals surface area contributed by atoms with E-state index >= 15 is 0 Å². The van der Waals surface area contributed by atoms with Gasteiger partial charge in [0.1, 0.15) is 5.75 Å². The molecular formula is C21H22N4O4. The van der Waals surface area contributed by atoms with Crippen molar-refractivity contribution in [2.75, 3.05) is 25.6 Å². The van der Waals surface area contributed by atoms with Crippen molar-refractivity contribution in [3.63, 3.8) is 0 Å². The number of carbonyl (C=O) groups is 2. The molecule has 1 aliphatic heterocycles. The molecule has 0 saturated carbocycles. The van der Waals surface area contributed by atoms with Crippen LogP contribution in [-0.2, 0) is 4.74 Å². The van der Waals surface area contributed by atoms with E-state index in [9.17, 15) is 9.59 Å². The monoisotopic (exact) mass is 394 g/mol. The van der Waals surface area contributed by atoms with E-state index in [1.54, 1.807) is 60.2 Å². The molecule has 8 nitrogen and oxygen atoms in total. The molecule has 29 heavy (non-hydrogen) atoms. The molecule has 2 N–H and O–H groups in total. The molecule has 1 aliphatic rings. The maximum atomic E-state index is 12.8. The number of anilines is 1. The third kappa shape index (κ3) is 4.07. The van der Waals surface area contributed by atoms with Crippen molar-refractivity contribution in [3.05, 3.63) is 60.2 Å². The number of benzene rings is 1. The second-order valence-electron chi connectivity index (χ2n) is 6.77. The van der Waals surface area contributed by atoms with Crippen LogP contribution >= 0.6 is 0 Å². The van der Waals surface area contributed by atoms with Gasteiger partial charge in [0.25, 0.3) is 11.8 Å². The van der Waals surface area contributed by atoms with Gasteiger partial charge in [0, 0.05) is 31.1 Å². The lowest BCUT2D eigenvalue weighted by Crippen LogP contribution is -2.32. The van der Waals surface area contributed by atoms with Gasteiger partial charge in [-0.1, -0.05) is 12.1 Å². The molecule has 8 heteroatoms. The fourth-order valence-electron chi connectivity index (χ4n) is 3.35. The first-order valence-electron chi connectivity index (χ1n) is 9.48. The van der Waals surface area contributed by atoms with E-state index in [4.69, 9.17) is 9.47 Å². The van der Waals surface area contributed by atoms with E-state index in [-0.39, 0.29) is 23.5 Å².